The van der Waals surface area contributed by atoms with Crippen molar-refractivity contribution in [2.24, 2.45) is 5.92 Å². The Hall–Kier alpha value is -0.100. The summed E-state index contributed by atoms with van der Waals surface area (Å²) in [5.41, 5.74) is 1.14. The lowest BCUT2D eigenvalue weighted by molar-refractivity contribution is 0.282. The van der Waals surface area contributed by atoms with Gasteiger partial charge in [-0.05, 0) is 49.9 Å². The maximum absolute atomic E-state index is 11.8. The minimum atomic E-state index is -2.96. The van der Waals surface area contributed by atoms with Crippen molar-refractivity contribution in [1.82, 2.24) is 5.32 Å². The minimum Gasteiger partial charge on any atom is -0.313 e. The van der Waals surface area contributed by atoms with Gasteiger partial charge in [-0.25, -0.2) is 8.42 Å². The summed E-state index contributed by atoms with van der Waals surface area (Å²) >= 11 is 9.57. The van der Waals surface area contributed by atoms with Crippen LogP contribution >= 0.6 is 27.5 Å². The molecule has 3 nitrogen and oxygen atoms in total. The molecule has 6 heteroatoms. The minimum absolute atomic E-state index is 0.140. The maximum atomic E-state index is 11.8. The molecular weight excluding hydrogens is 374 g/mol. The molecule has 1 aliphatic rings. The summed E-state index contributed by atoms with van der Waals surface area (Å²) < 4.78 is 24.7. The number of rotatable bonds is 4. The molecule has 1 fully saturated rings. The van der Waals surface area contributed by atoms with Crippen LogP contribution in [0.4, 0.5) is 0 Å². The molecule has 3 unspecified atom stereocenters. The number of nitrogens with one attached hydrogen (secondary N) is 1. The van der Waals surface area contributed by atoms with E-state index in [0.717, 1.165) is 35.7 Å². The summed E-state index contributed by atoms with van der Waals surface area (Å²) in [7, 11) is -1.03. The molecule has 1 N–H and O–H groups in total. The van der Waals surface area contributed by atoms with E-state index in [1.807, 2.05) is 25.2 Å². The number of hydrogen-bond acceptors (Lipinski definition) is 3. The molecule has 0 amide bonds. The van der Waals surface area contributed by atoms with Gasteiger partial charge in [-0.2, -0.15) is 0 Å². The Morgan fingerprint density at radius 1 is 1.38 bits per heavy atom. The Bertz CT molecular complexity index is 606. The van der Waals surface area contributed by atoms with E-state index in [1.165, 1.54) is 6.26 Å². The second kappa shape index (κ2) is 6.99. The summed E-state index contributed by atoms with van der Waals surface area (Å²) in [6, 6.07) is 5.92. The van der Waals surface area contributed by atoms with Gasteiger partial charge in [0.15, 0.2) is 0 Å². The molecule has 1 saturated carbocycles. The van der Waals surface area contributed by atoms with E-state index in [4.69, 9.17) is 11.6 Å². The van der Waals surface area contributed by atoms with E-state index in [1.54, 1.807) is 0 Å². The lowest BCUT2D eigenvalue weighted by Crippen LogP contribution is -2.34. The summed E-state index contributed by atoms with van der Waals surface area (Å²) in [5.74, 6) is 0.320. The lowest BCUT2D eigenvalue weighted by atomic mass is 9.81. The van der Waals surface area contributed by atoms with Crippen molar-refractivity contribution in [2.45, 2.75) is 37.0 Å². The van der Waals surface area contributed by atoms with Gasteiger partial charge in [-0.3, -0.25) is 0 Å². The molecule has 0 radical (unpaired) electrons. The average Bonchev–Trinajstić information content (AvgIpc) is 2.41. The lowest BCUT2D eigenvalue weighted by Gasteiger charge is -2.34. The van der Waals surface area contributed by atoms with Crippen LogP contribution < -0.4 is 5.32 Å². The highest BCUT2D eigenvalue weighted by Crippen LogP contribution is 2.39. The molecule has 21 heavy (non-hydrogen) atoms. The third-order valence-electron chi connectivity index (χ3n) is 4.35. The molecule has 1 aliphatic carbocycles. The van der Waals surface area contributed by atoms with Crippen molar-refractivity contribution < 1.29 is 8.42 Å². The summed E-state index contributed by atoms with van der Waals surface area (Å²) in [5, 5.41) is 3.84. The van der Waals surface area contributed by atoms with E-state index in [0.29, 0.717) is 10.9 Å². The van der Waals surface area contributed by atoms with Crippen LogP contribution in [-0.4, -0.2) is 27.0 Å². The topological polar surface area (TPSA) is 46.2 Å². The number of halogens is 2. The Morgan fingerprint density at radius 3 is 2.67 bits per heavy atom. The third kappa shape index (κ3) is 4.21. The van der Waals surface area contributed by atoms with Gasteiger partial charge >= 0.3 is 0 Å². The molecular formula is C15H21BrClNO2S. The fourth-order valence-electron chi connectivity index (χ4n) is 3.27. The van der Waals surface area contributed by atoms with Crippen molar-refractivity contribution in [1.29, 1.82) is 0 Å². The van der Waals surface area contributed by atoms with E-state index in [9.17, 15) is 8.42 Å². The van der Waals surface area contributed by atoms with Crippen LogP contribution in [0.3, 0.4) is 0 Å². The van der Waals surface area contributed by atoms with Crippen LogP contribution in [0.1, 0.15) is 37.3 Å². The van der Waals surface area contributed by atoms with E-state index >= 15 is 0 Å². The normalized spacial score (nSPS) is 24.8. The highest BCUT2D eigenvalue weighted by molar-refractivity contribution is 9.10. The molecule has 3 atom stereocenters. The van der Waals surface area contributed by atoms with Gasteiger partial charge < -0.3 is 5.32 Å². The largest absolute Gasteiger partial charge is 0.313 e. The Kier molecular flexibility index (Phi) is 5.74. The molecule has 2 rings (SSSR count). The first-order valence-electron chi connectivity index (χ1n) is 7.14. The SMILES string of the molecule is CNC(c1ccc(Cl)cc1Br)C1CCCC(S(C)(=O)=O)C1. The second-order valence-electron chi connectivity index (χ2n) is 5.81. The van der Waals surface area contributed by atoms with E-state index in [-0.39, 0.29) is 11.3 Å². The van der Waals surface area contributed by atoms with Crippen LogP contribution in [0.5, 0.6) is 0 Å². The van der Waals surface area contributed by atoms with Crippen LogP contribution in [0.15, 0.2) is 22.7 Å². The van der Waals surface area contributed by atoms with Gasteiger partial charge in [0.25, 0.3) is 0 Å². The predicted molar refractivity (Wildman–Crippen MR) is 91.5 cm³/mol. The number of benzene rings is 1. The summed E-state index contributed by atoms with van der Waals surface area (Å²) in [4.78, 5) is 0. The third-order valence-corrected chi connectivity index (χ3v) is 6.91. The van der Waals surface area contributed by atoms with Crippen LogP contribution in [-0.2, 0) is 9.84 Å². The maximum Gasteiger partial charge on any atom is 0.150 e. The molecule has 0 aromatic heterocycles. The zero-order valence-electron chi connectivity index (χ0n) is 12.3. The second-order valence-corrected chi connectivity index (χ2v) is 9.43. The quantitative estimate of drug-likeness (QED) is 0.840. The summed E-state index contributed by atoms with van der Waals surface area (Å²) in [6.07, 6.45) is 4.87. The molecule has 0 aliphatic heterocycles. The highest BCUT2D eigenvalue weighted by Gasteiger charge is 2.33. The summed E-state index contributed by atoms with van der Waals surface area (Å²) in [6.45, 7) is 0. The first-order valence-corrected chi connectivity index (χ1v) is 10.3. The first kappa shape index (κ1) is 17.3. The fraction of sp³-hybridized carbons (Fsp3) is 0.600. The van der Waals surface area contributed by atoms with Gasteiger partial charge in [0.1, 0.15) is 9.84 Å². The van der Waals surface area contributed by atoms with Gasteiger partial charge in [-0.15, -0.1) is 0 Å². The molecule has 1 aromatic rings. The molecule has 1 aromatic carbocycles. The molecule has 0 saturated heterocycles. The smallest absolute Gasteiger partial charge is 0.150 e. The number of sulfone groups is 1. The van der Waals surface area contributed by atoms with Crippen molar-refractivity contribution in [3.05, 3.63) is 33.3 Å². The van der Waals surface area contributed by atoms with Crippen molar-refractivity contribution >= 4 is 37.4 Å². The van der Waals surface area contributed by atoms with Gasteiger partial charge in [-0.1, -0.05) is 40.0 Å². The standard InChI is InChI=1S/C15H21BrClNO2S/c1-18-15(13-7-6-11(17)9-14(13)16)10-4-3-5-12(8-10)21(2,19)20/h6-7,9-10,12,15,18H,3-5,8H2,1-2H3. The van der Waals surface area contributed by atoms with E-state index in [2.05, 4.69) is 21.2 Å². The average molecular weight is 395 g/mol. The molecule has 0 bridgehead atoms. The van der Waals surface area contributed by atoms with Crippen molar-refractivity contribution in [3.8, 4) is 0 Å². The Morgan fingerprint density at radius 2 is 2.10 bits per heavy atom. The Labute approximate surface area is 140 Å². The van der Waals surface area contributed by atoms with Gasteiger partial charge in [0, 0.05) is 21.8 Å². The predicted octanol–water partition coefficient (Wildman–Crippen LogP) is 3.97. The van der Waals surface area contributed by atoms with E-state index < -0.39 is 9.84 Å². The van der Waals surface area contributed by atoms with Gasteiger partial charge in [0.2, 0.25) is 0 Å². The molecule has 0 spiro atoms. The van der Waals surface area contributed by atoms with Gasteiger partial charge in [0.05, 0.1) is 5.25 Å². The van der Waals surface area contributed by atoms with Crippen molar-refractivity contribution in [3.63, 3.8) is 0 Å². The zero-order valence-corrected chi connectivity index (χ0v) is 15.4. The molecule has 0 heterocycles. The highest BCUT2D eigenvalue weighted by atomic mass is 79.9. The number of hydrogen-bond donors (Lipinski definition) is 1. The Balaban J connectivity index is 2.24. The zero-order chi connectivity index (χ0) is 15.6. The fourth-order valence-corrected chi connectivity index (χ4v) is 5.39. The molecule has 118 valence electrons. The van der Waals surface area contributed by atoms with Crippen LogP contribution in [0.25, 0.3) is 0 Å². The van der Waals surface area contributed by atoms with Crippen LogP contribution in [0.2, 0.25) is 5.02 Å². The first-order chi connectivity index (χ1) is 9.82. The van der Waals surface area contributed by atoms with Crippen LogP contribution in [0, 0.1) is 5.92 Å². The monoisotopic (exact) mass is 393 g/mol. The van der Waals surface area contributed by atoms with Crippen molar-refractivity contribution in [2.75, 3.05) is 13.3 Å².